The average Bonchev–Trinajstić information content (AvgIpc) is 3.81. The van der Waals surface area contributed by atoms with Gasteiger partial charge in [-0.25, -0.2) is 0 Å². The van der Waals surface area contributed by atoms with Crippen molar-refractivity contribution in [3.8, 4) is 79.4 Å². The van der Waals surface area contributed by atoms with Crippen LogP contribution in [0.4, 0.5) is 0 Å². The number of rotatable bonds is 4. The molecule has 0 unspecified atom stereocenters. The lowest BCUT2D eigenvalue weighted by Crippen LogP contribution is -2.26. The molecule has 0 N–H and O–H groups in total. The highest BCUT2D eigenvalue weighted by atomic mass is 14.8. The molecule has 4 aromatic heterocycles. The van der Waals surface area contributed by atoms with E-state index in [1.54, 1.807) is 36.7 Å². The Bertz CT molecular complexity index is 3320. The van der Waals surface area contributed by atoms with Gasteiger partial charge in [0, 0.05) is 35.9 Å². The summed E-state index contributed by atoms with van der Waals surface area (Å²) < 4.78 is 0. The van der Waals surface area contributed by atoms with Gasteiger partial charge in [-0.2, -0.15) is 10.5 Å². The molecule has 0 bridgehead atoms. The first kappa shape index (κ1) is 34.5. The summed E-state index contributed by atoms with van der Waals surface area (Å²) in [6.45, 7) is 0. The summed E-state index contributed by atoms with van der Waals surface area (Å²) >= 11 is 0. The number of nitrogens with zero attached hydrogens (tertiary/aromatic N) is 6. The summed E-state index contributed by atoms with van der Waals surface area (Å²) in [6, 6.07) is 59.8. The maximum atomic E-state index is 9.54. The standard InChI is InChI=1S/C55H30N6/c56-29-33-21-23-58-51(25-33)49-19-17-35(31-60-49)43-27-47-53(41-13-3-1-9-37(41)43)54-42-14-4-2-10-38(42)44(36-18-20-50(61-32-36)52-26-34(30-57)22-24-59-52)28-48(54)55(47)45-15-7-5-11-39(45)40-12-6-8-16-46(40)55/h1-28,31-32H. The van der Waals surface area contributed by atoms with Gasteiger partial charge in [0.25, 0.3) is 0 Å². The maximum absolute atomic E-state index is 9.54. The van der Waals surface area contributed by atoms with Crippen LogP contribution in [0.15, 0.2) is 183 Å². The van der Waals surface area contributed by atoms with Crippen molar-refractivity contribution in [2.75, 3.05) is 0 Å². The number of pyridine rings is 4. The predicted octanol–water partition coefficient (Wildman–Crippen LogP) is 12.3. The van der Waals surface area contributed by atoms with Crippen LogP contribution in [0.25, 0.3) is 88.8 Å². The lowest BCUT2D eigenvalue weighted by Gasteiger charge is -2.31. The lowest BCUT2D eigenvalue weighted by molar-refractivity contribution is 0.795. The highest BCUT2D eigenvalue weighted by molar-refractivity contribution is 6.18. The van der Waals surface area contributed by atoms with Gasteiger partial charge >= 0.3 is 0 Å². The van der Waals surface area contributed by atoms with Crippen molar-refractivity contribution in [3.63, 3.8) is 0 Å². The van der Waals surface area contributed by atoms with Crippen molar-refractivity contribution >= 4 is 21.5 Å². The topological polar surface area (TPSA) is 99.1 Å². The minimum Gasteiger partial charge on any atom is -0.255 e. The van der Waals surface area contributed by atoms with Crippen LogP contribution in [-0.4, -0.2) is 19.9 Å². The summed E-state index contributed by atoms with van der Waals surface area (Å²) in [5.74, 6) is 0. The first-order valence-corrected chi connectivity index (χ1v) is 20.1. The Morgan fingerprint density at radius 3 is 1.21 bits per heavy atom. The smallest absolute Gasteiger partial charge is 0.0992 e. The molecule has 2 aliphatic carbocycles. The van der Waals surface area contributed by atoms with E-state index in [9.17, 15) is 10.5 Å². The van der Waals surface area contributed by atoms with Gasteiger partial charge in [-0.15, -0.1) is 0 Å². The highest BCUT2D eigenvalue weighted by Crippen LogP contribution is 2.66. The van der Waals surface area contributed by atoms with E-state index in [0.717, 1.165) is 33.0 Å². The van der Waals surface area contributed by atoms with Crippen molar-refractivity contribution in [1.82, 2.24) is 19.9 Å². The minimum absolute atomic E-state index is 0.547. The third kappa shape index (κ3) is 4.94. The largest absolute Gasteiger partial charge is 0.255 e. The second-order valence-electron chi connectivity index (χ2n) is 15.6. The van der Waals surface area contributed by atoms with E-state index in [-0.39, 0.29) is 0 Å². The van der Waals surface area contributed by atoms with Gasteiger partial charge in [-0.05, 0) is 126 Å². The summed E-state index contributed by atoms with van der Waals surface area (Å²) in [5.41, 5.74) is 17.3. The molecule has 6 aromatic carbocycles. The van der Waals surface area contributed by atoms with Gasteiger partial charge in [-0.3, -0.25) is 19.9 Å². The number of hydrogen-bond donors (Lipinski definition) is 0. The fraction of sp³-hybridized carbons (Fsp3) is 0.0182. The number of fused-ring (bicyclic) bond motifs is 14. The Morgan fingerprint density at radius 1 is 0.361 bits per heavy atom. The van der Waals surface area contributed by atoms with Crippen LogP contribution in [-0.2, 0) is 5.41 Å². The van der Waals surface area contributed by atoms with Crippen molar-refractivity contribution < 1.29 is 0 Å². The summed E-state index contributed by atoms with van der Waals surface area (Å²) in [4.78, 5) is 18.9. The third-order valence-electron chi connectivity index (χ3n) is 12.6. The van der Waals surface area contributed by atoms with Crippen LogP contribution in [0.2, 0.25) is 0 Å². The second-order valence-corrected chi connectivity index (χ2v) is 15.6. The Morgan fingerprint density at radius 2 is 0.787 bits per heavy atom. The zero-order valence-corrected chi connectivity index (χ0v) is 32.5. The molecule has 6 heteroatoms. The molecule has 0 saturated heterocycles. The summed E-state index contributed by atoms with van der Waals surface area (Å²) in [5, 5.41) is 23.7. The van der Waals surface area contributed by atoms with Gasteiger partial charge < -0.3 is 0 Å². The van der Waals surface area contributed by atoms with Crippen molar-refractivity contribution in [3.05, 3.63) is 216 Å². The molecule has 2 aliphatic rings. The molecule has 0 radical (unpaired) electrons. The van der Waals surface area contributed by atoms with E-state index in [1.807, 2.05) is 24.5 Å². The van der Waals surface area contributed by atoms with Crippen LogP contribution >= 0.6 is 0 Å². The second kappa shape index (κ2) is 13.2. The molecule has 0 saturated carbocycles. The van der Waals surface area contributed by atoms with E-state index >= 15 is 0 Å². The zero-order valence-electron chi connectivity index (χ0n) is 32.5. The van der Waals surface area contributed by atoms with E-state index < -0.39 is 5.41 Å². The molecular formula is C55H30N6. The zero-order chi connectivity index (χ0) is 40.7. The van der Waals surface area contributed by atoms with Crippen LogP contribution < -0.4 is 0 Å². The number of aromatic nitrogens is 4. The molecular weight excluding hydrogens is 745 g/mol. The SMILES string of the molecule is N#Cc1ccnc(-c2ccc(-c3cc4c(c5ccccc35)-c3c(cc(-c5ccc(-c6cc(C#N)ccn6)nc5)c5ccccc35)C43c4ccccc4-c4ccccc43)cn2)c1. The predicted molar refractivity (Wildman–Crippen MR) is 240 cm³/mol. The maximum Gasteiger partial charge on any atom is 0.0992 e. The monoisotopic (exact) mass is 774 g/mol. The number of benzene rings is 6. The van der Waals surface area contributed by atoms with Crippen molar-refractivity contribution in [2.45, 2.75) is 5.41 Å². The molecule has 4 heterocycles. The van der Waals surface area contributed by atoms with Crippen molar-refractivity contribution in [1.29, 1.82) is 10.5 Å². The summed E-state index contributed by atoms with van der Waals surface area (Å²) in [7, 11) is 0. The molecule has 0 fully saturated rings. The quantitative estimate of drug-likeness (QED) is 0.177. The van der Waals surface area contributed by atoms with Crippen LogP contribution in [0.1, 0.15) is 33.4 Å². The van der Waals surface area contributed by atoms with Crippen LogP contribution in [0.5, 0.6) is 0 Å². The first-order chi connectivity index (χ1) is 30.1. The first-order valence-electron chi connectivity index (χ1n) is 20.1. The van der Waals surface area contributed by atoms with E-state index in [1.165, 1.54) is 55.3 Å². The third-order valence-corrected chi connectivity index (χ3v) is 12.6. The number of nitriles is 2. The van der Waals surface area contributed by atoms with Gasteiger partial charge in [0.05, 0.1) is 51.5 Å². The Labute approximate surface area is 351 Å². The Hall–Kier alpha value is -8.58. The molecule has 1 spiro atoms. The lowest BCUT2D eigenvalue weighted by atomic mass is 9.69. The molecule has 61 heavy (non-hydrogen) atoms. The molecule has 10 aromatic rings. The van der Waals surface area contributed by atoms with Gasteiger partial charge in [0.1, 0.15) is 0 Å². The van der Waals surface area contributed by atoms with E-state index in [2.05, 4.69) is 143 Å². The highest BCUT2D eigenvalue weighted by Gasteiger charge is 2.53. The molecule has 0 aliphatic heterocycles. The van der Waals surface area contributed by atoms with Crippen molar-refractivity contribution in [2.24, 2.45) is 0 Å². The molecule has 0 atom stereocenters. The molecule has 280 valence electrons. The van der Waals surface area contributed by atoms with Gasteiger partial charge in [0.15, 0.2) is 0 Å². The fourth-order valence-corrected chi connectivity index (χ4v) is 10.0. The fourth-order valence-electron chi connectivity index (χ4n) is 10.0. The van der Waals surface area contributed by atoms with Crippen LogP contribution in [0, 0.1) is 22.7 Å². The minimum atomic E-state index is -0.639. The molecule has 12 rings (SSSR count). The van der Waals surface area contributed by atoms with Crippen LogP contribution in [0.3, 0.4) is 0 Å². The van der Waals surface area contributed by atoms with E-state index in [4.69, 9.17) is 9.97 Å². The number of hydrogen-bond acceptors (Lipinski definition) is 6. The van der Waals surface area contributed by atoms with Gasteiger partial charge in [-0.1, -0.05) is 109 Å². The molecule has 0 amide bonds. The van der Waals surface area contributed by atoms with E-state index in [0.29, 0.717) is 33.9 Å². The van der Waals surface area contributed by atoms with Gasteiger partial charge in [0.2, 0.25) is 0 Å². The Kier molecular flexibility index (Phi) is 7.47. The average molecular weight is 775 g/mol. The Balaban J connectivity index is 1.15. The normalized spacial score (nSPS) is 12.7. The summed E-state index contributed by atoms with van der Waals surface area (Å²) in [6.07, 6.45) is 7.18. The molecule has 6 nitrogen and oxygen atoms in total.